The van der Waals surface area contributed by atoms with Gasteiger partial charge in [0.2, 0.25) is 5.82 Å². The molecular weight excluding hydrogens is 286 g/mol. The number of aromatic amines is 1. The van der Waals surface area contributed by atoms with Gasteiger partial charge in [0.1, 0.15) is 10.8 Å². The molecule has 2 aromatic heterocycles. The SMILES string of the molecule is CCc1nc(C(=O)Nc2cccc(-c3nccs3)c2)n[nH]1. The van der Waals surface area contributed by atoms with Gasteiger partial charge in [-0.15, -0.1) is 16.4 Å². The maximum Gasteiger partial charge on any atom is 0.295 e. The summed E-state index contributed by atoms with van der Waals surface area (Å²) in [5, 5.41) is 12.2. The molecule has 3 aromatic rings. The summed E-state index contributed by atoms with van der Waals surface area (Å²) in [6.07, 6.45) is 2.46. The Morgan fingerprint density at radius 3 is 3.05 bits per heavy atom. The topological polar surface area (TPSA) is 83.6 Å². The van der Waals surface area contributed by atoms with Gasteiger partial charge in [0.15, 0.2) is 0 Å². The van der Waals surface area contributed by atoms with Gasteiger partial charge in [-0.2, -0.15) is 0 Å². The van der Waals surface area contributed by atoms with E-state index in [1.807, 2.05) is 36.6 Å². The molecule has 0 aliphatic rings. The molecule has 1 amide bonds. The number of hydrogen-bond acceptors (Lipinski definition) is 5. The number of carbonyl (C=O) groups excluding carboxylic acids is 1. The maximum absolute atomic E-state index is 12.1. The first kappa shape index (κ1) is 13.4. The number of aromatic nitrogens is 4. The Kier molecular flexibility index (Phi) is 3.74. The summed E-state index contributed by atoms with van der Waals surface area (Å²) in [5.74, 6) is 0.505. The number of amides is 1. The third-order valence-electron chi connectivity index (χ3n) is 2.87. The van der Waals surface area contributed by atoms with Crippen LogP contribution in [0.2, 0.25) is 0 Å². The fourth-order valence-corrected chi connectivity index (χ4v) is 2.47. The first-order chi connectivity index (χ1) is 10.3. The number of benzene rings is 1. The van der Waals surface area contributed by atoms with Gasteiger partial charge in [-0.1, -0.05) is 19.1 Å². The summed E-state index contributed by atoms with van der Waals surface area (Å²) in [6, 6.07) is 7.53. The van der Waals surface area contributed by atoms with Crippen LogP contribution in [0.5, 0.6) is 0 Å². The zero-order valence-electron chi connectivity index (χ0n) is 11.3. The van der Waals surface area contributed by atoms with Crippen LogP contribution < -0.4 is 5.32 Å². The van der Waals surface area contributed by atoms with E-state index in [2.05, 4.69) is 25.5 Å². The highest BCUT2D eigenvalue weighted by Crippen LogP contribution is 2.24. The predicted molar refractivity (Wildman–Crippen MR) is 81.3 cm³/mol. The summed E-state index contributed by atoms with van der Waals surface area (Å²) in [4.78, 5) is 20.4. The average molecular weight is 299 g/mol. The van der Waals surface area contributed by atoms with Crippen molar-refractivity contribution in [1.82, 2.24) is 20.2 Å². The van der Waals surface area contributed by atoms with E-state index >= 15 is 0 Å². The van der Waals surface area contributed by atoms with Gasteiger partial charge in [0.05, 0.1) is 0 Å². The minimum Gasteiger partial charge on any atom is -0.319 e. The third-order valence-corrected chi connectivity index (χ3v) is 3.69. The minimum absolute atomic E-state index is 0.145. The monoisotopic (exact) mass is 299 g/mol. The smallest absolute Gasteiger partial charge is 0.295 e. The van der Waals surface area contributed by atoms with Gasteiger partial charge in [-0.25, -0.2) is 9.97 Å². The van der Waals surface area contributed by atoms with Crippen LogP contribution in [0.25, 0.3) is 10.6 Å². The summed E-state index contributed by atoms with van der Waals surface area (Å²) in [7, 11) is 0. The summed E-state index contributed by atoms with van der Waals surface area (Å²) in [5.41, 5.74) is 1.66. The first-order valence-corrected chi connectivity index (χ1v) is 7.37. The lowest BCUT2D eigenvalue weighted by molar-refractivity contribution is 0.101. The Bertz CT molecular complexity index is 750. The number of nitrogens with one attached hydrogen (secondary N) is 2. The van der Waals surface area contributed by atoms with Gasteiger partial charge in [-0.05, 0) is 12.1 Å². The van der Waals surface area contributed by atoms with E-state index in [9.17, 15) is 4.79 Å². The molecule has 0 atom stereocenters. The molecule has 0 unspecified atom stereocenters. The van der Waals surface area contributed by atoms with Gasteiger partial charge in [0.25, 0.3) is 5.91 Å². The van der Waals surface area contributed by atoms with Crippen LogP contribution >= 0.6 is 11.3 Å². The minimum atomic E-state index is -0.331. The van der Waals surface area contributed by atoms with Crippen molar-refractivity contribution in [2.75, 3.05) is 5.32 Å². The number of thiazole rings is 1. The Hall–Kier alpha value is -2.54. The normalized spacial score (nSPS) is 10.5. The molecule has 21 heavy (non-hydrogen) atoms. The molecule has 0 aliphatic heterocycles. The summed E-state index contributed by atoms with van der Waals surface area (Å²) in [6.45, 7) is 1.94. The molecule has 2 heterocycles. The second kappa shape index (κ2) is 5.84. The quantitative estimate of drug-likeness (QED) is 0.776. The lowest BCUT2D eigenvalue weighted by Gasteiger charge is -2.04. The van der Waals surface area contributed by atoms with E-state index < -0.39 is 0 Å². The van der Waals surface area contributed by atoms with Crippen LogP contribution in [-0.2, 0) is 6.42 Å². The standard InChI is InChI=1S/C14H13N5OS/c1-2-11-17-12(19-18-11)13(20)16-10-5-3-4-9(8-10)14-15-6-7-21-14/h3-8H,2H2,1H3,(H,16,20)(H,17,18,19). The van der Waals surface area contributed by atoms with Crippen molar-refractivity contribution in [1.29, 1.82) is 0 Å². The van der Waals surface area contributed by atoms with Gasteiger partial charge in [-0.3, -0.25) is 9.89 Å². The van der Waals surface area contributed by atoms with Crippen LogP contribution in [-0.4, -0.2) is 26.1 Å². The molecule has 0 aliphatic carbocycles. The van der Waals surface area contributed by atoms with Crippen LogP contribution in [0.15, 0.2) is 35.8 Å². The number of H-pyrrole nitrogens is 1. The van der Waals surface area contributed by atoms with Gasteiger partial charge >= 0.3 is 0 Å². The molecule has 3 rings (SSSR count). The second-order valence-electron chi connectivity index (χ2n) is 4.33. The molecule has 106 valence electrons. The van der Waals surface area contributed by atoms with Gasteiger partial charge in [0, 0.05) is 29.2 Å². The Morgan fingerprint density at radius 1 is 1.43 bits per heavy atom. The zero-order valence-corrected chi connectivity index (χ0v) is 12.1. The van der Waals surface area contributed by atoms with Crippen LogP contribution in [0.3, 0.4) is 0 Å². The average Bonchev–Trinajstić information content (AvgIpc) is 3.19. The first-order valence-electron chi connectivity index (χ1n) is 6.49. The van der Waals surface area contributed by atoms with Crippen molar-refractivity contribution < 1.29 is 4.79 Å². The van der Waals surface area contributed by atoms with Gasteiger partial charge < -0.3 is 5.32 Å². The number of aryl methyl sites for hydroxylation is 1. The second-order valence-corrected chi connectivity index (χ2v) is 5.23. The molecule has 7 heteroatoms. The number of hydrogen-bond donors (Lipinski definition) is 2. The molecule has 0 bridgehead atoms. The number of nitrogens with zero attached hydrogens (tertiary/aromatic N) is 3. The summed E-state index contributed by atoms with van der Waals surface area (Å²) >= 11 is 1.55. The Morgan fingerprint density at radius 2 is 2.33 bits per heavy atom. The molecule has 2 N–H and O–H groups in total. The van der Waals surface area contributed by atoms with E-state index in [0.29, 0.717) is 17.9 Å². The van der Waals surface area contributed by atoms with Crippen molar-refractivity contribution >= 4 is 22.9 Å². The Balaban J connectivity index is 1.78. The lowest BCUT2D eigenvalue weighted by atomic mass is 10.2. The van der Waals surface area contributed by atoms with Crippen molar-refractivity contribution in [3.63, 3.8) is 0 Å². The molecule has 0 fully saturated rings. The number of rotatable bonds is 4. The van der Waals surface area contributed by atoms with E-state index in [-0.39, 0.29) is 11.7 Å². The van der Waals surface area contributed by atoms with Crippen LogP contribution in [0.1, 0.15) is 23.4 Å². The van der Waals surface area contributed by atoms with Crippen molar-refractivity contribution in [3.8, 4) is 10.6 Å². The summed E-state index contributed by atoms with van der Waals surface area (Å²) < 4.78 is 0. The molecule has 0 saturated heterocycles. The number of anilines is 1. The maximum atomic E-state index is 12.1. The van der Waals surface area contributed by atoms with Crippen LogP contribution in [0, 0.1) is 0 Å². The molecule has 0 spiro atoms. The van der Waals surface area contributed by atoms with E-state index in [0.717, 1.165) is 10.6 Å². The highest BCUT2D eigenvalue weighted by Gasteiger charge is 2.12. The van der Waals surface area contributed by atoms with Crippen LogP contribution in [0.4, 0.5) is 5.69 Å². The highest BCUT2D eigenvalue weighted by atomic mass is 32.1. The zero-order chi connectivity index (χ0) is 14.7. The molecule has 1 aromatic carbocycles. The van der Waals surface area contributed by atoms with Crippen molar-refractivity contribution in [2.24, 2.45) is 0 Å². The molecule has 0 saturated carbocycles. The van der Waals surface area contributed by atoms with E-state index in [1.165, 1.54) is 0 Å². The molecule has 0 radical (unpaired) electrons. The van der Waals surface area contributed by atoms with Crippen molar-refractivity contribution in [3.05, 3.63) is 47.5 Å². The Labute approximate surface area is 125 Å². The van der Waals surface area contributed by atoms with Crippen molar-refractivity contribution in [2.45, 2.75) is 13.3 Å². The number of carbonyl (C=O) groups is 1. The predicted octanol–water partition coefficient (Wildman–Crippen LogP) is 2.74. The largest absolute Gasteiger partial charge is 0.319 e. The molecule has 6 nitrogen and oxygen atoms in total. The highest BCUT2D eigenvalue weighted by molar-refractivity contribution is 7.13. The van der Waals surface area contributed by atoms with E-state index in [1.54, 1.807) is 17.5 Å². The fourth-order valence-electron chi connectivity index (χ4n) is 1.84. The lowest BCUT2D eigenvalue weighted by Crippen LogP contribution is -2.13. The molecular formula is C14H13N5OS. The third kappa shape index (κ3) is 2.97. The van der Waals surface area contributed by atoms with E-state index in [4.69, 9.17) is 0 Å². The fraction of sp³-hybridized carbons (Fsp3) is 0.143.